The van der Waals surface area contributed by atoms with E-state index in [1.165, 1.54) is 0 Å². The minimum atomic E-state index is -1.69. The van der Waals surface area contributed by atoms with Crippen molar-refractivity contribution in [1.82, 2.24) is 0 Å². The number of unbranched alkanes of at least 4 members (excludes halogenated alkanes) is 4. The van der Waals surface area contributed by atoms with Crippen LogP contribution < -0.4 is 0 Å². The van der Waals surface area contributed by atoms with Gasteiger partial charge in [0, 0.05) is 6.42 Å². The Morgan fingerprint density at radius 1 is 1.08 bits per heavy atom. The van der Waals surface area contributed by atoms with Crippen LogP contribution >= 0.6 is 0 Å². The first-order valence-corrected chi connectivity index (χ1v) is 8.59. The molecule has 0 spiro atoms. The molecule has 0 bridgehead atoms. The third-order valence-electron chi connectivity index (χ3n) is 3.94. The van der Waals surface area contributed by atoms with Gasteiger partial charge < -0.3 is 34.6 Å². The van der Waals surface area contributed by atoms with Crippen LogP contribution in [0.2, 0.25) is 0 Å². The fourth-order valence-electron chi connectivity index (χ4n) is 2.47. The summed E-state index contributed by atoms with van der Waals surface area (Å²) in [7, 11) is 0. The first kappa shape index (κ1) is 21.3. The summed E-state index contributed by atoms with van der Waals surface area (Å²) >= 11 is 0. The number of rotatable bonds is 12. The Labute approximate surface area is 142 Å². The second-order valence-electron chi connectivity index (χ2n) is 5.96. The Balaban J connectivity index is 2.54. The van der Waals surface area contributed by atoms with Gasteiger partial charge in [-0.05, 0) is 6.42 Å². The second-order valence-corrected chi connectivity index (χ2v) is 5.96. The van der Waals surface area contributed by atoms with Crippen LogP contribution in [0.3, 0.4) is 0 Å². The maximum absolute atomic E-state index is 12.0. The van der Waals surface area contributed by atoms with Crippen LogP contribution in [0, 0.1) is 0 Å². The van der Waals surface area contributed by atoms with Gasteiger partial charge in [0.1, 0.15) is 18.3 Å². The van der Waals surface area contributed by atoms with Gasteiger partial charge in [-0.15, -0.1) is 0 Å². The average Bonchev–Trinajstić information content (AvgIpc) is 3.11. The molecular weight excluding hydrogens is 320 g/mol. The van der Waals surface area contributed by atoms with Crippen molar-refractivity contribution in [2.24, 2.45) is 0 Å². The molecule has 1 aliphatic rings. The molecule has 0 aromatic carbocycles. The van der Waals surface area contributed by atoms with E-state index in [-0.39, 0.29) is 19.6 Å². The van der Waals surface area contributed by atoms with Gasteiger partial charge in [0.2, 0.25) is 0 Å². The van der Waals surface area contributed by atoms with Crippen molar-refractivity contribution in [2.75, 3.05) is 19.8 Å². The minimum Gasteiger partial charge on any atom is -0.454 e. The SMILES string of the molecule is CCCCCCCC(=O)O[C@@H](C1OCCO1)[C@@H](O)[C@H](O)[C@H](O)CO. The van der Waals surface area contributed by atoms with Crippen molar-refractivity contribution in [3.05, 3.63) is 0 Å². The van der Waals surface area contributed by atoms with Crippen molar-refractivity contribution in [2.45, 2.75) is 76.2 Å². The Hall–Kier alpha value is -0.770. The van der Waals surface area contributed by atoms with E-state index in [0.29, 0.717) is 6.42 Å². The molecular formula is C16H30O8. The van der Waals surface area contributed by atoms with E-state index in [0.717, 1.165) is 25.7 Å². The number of hydrogen-bond donors (Lipinski definition) is 4. The highest BCUT2D eigenvalue weighted by Gasteiger charge is 2.41. The molecule has 0 unspecified atom stereocenters. The normalized spacial score (nSPS) is 20.5. The fourth-order valence-corrected chi connectivity index (χ4v) is 2.47. The molecule has 1 rings (SSSR count). The van der Waals surface area contributed by atoms with Crippen molar-refractivity contribution in [3.8, 4) is 0 Å². The standard InChI is InChI=1S/C16H30O8/c1-2-3-4-5-6-7-12(19)24-15(16-22-8-9-23-16)14(21)13(20)11(18)10-17/h11,13-18,20-21H,2-10H2,1H3/t11-,13-,14+,15-/m1/s1. The molecule has 0 aromatic rings. The van der Waals surface area contributed by atoms with Crippen molar-refractivity contribution >= 4 is 5.97 Å². The largest absolute Gasteiger partial charge is 0.454 e. The van der Waals surface area contributed by atoms with E-state index in [2.05, 4.69) is 6.92 Å². The van der Waals surface area contributed by atoms with Crippen LogP contribution in [0.1, 0.15) is 45.4 Å². The summed E-state index contributed by atoms with van der Waals surface area (Å²) in [5.74, 6) is -0.527. The molecule has 0 radical (unpaired) electrons. The molecule has 1 heterocycles. The average molecular weight is 350 g/mol. The summed E-state index contributed by atoms with van der Waals surface area (Å²) in [6, 6.07) is 0. The van der Waals surface area contributed by atoms with E-state index < -0.39 is 43.3 Å². The highest BCUT2D eigenvalue weighted by molar-refractivity contribution is 5.69. The topological polar surface area (TPSA) is 126 Å². The summed E-state index contributed by atoms with van der Waals surface area (Å²) in [6.45, 7) is 1.93. The number of carbonyl (C=O) groups excluding carboxylic acids is 1. The van der Waals surface area contributed by atoms with E-state index in [1.54, 1.807) is 0 Å². The zero-order valence-corrected chi connectivity index (χ0v) is 14.2. The van der Waals surface area contributed by atoms with Crippen molar-refractivity contribution < 1.29 is 39.4 Å². The van der Waals surface area contributed by atoms with Gasteiger partial charge in [0.25, 0.3) is 0 Å². The smallest absolute Gasteiger partial charge is 0.306 e. The zero-order chi connectivity index (χ0) is 17.9. The molecule has 4 atom stereocenters. The lowest BCUT2D eigenvalue weighted by atomic mass is 10.0. The Morgan fingerprint density at radius 2 is 1.71 bits per heavy atom. The molecule has 0 saturated carbocycles. The molecule has 1 aliphatic heterocycles. The van der Waals surface area contributed by atoms with Crippen molar-refractivity contribution in [1.29, 1.82) is 0 Å². The quantitative estimate of drug-likeness (QED) is 0.279. The van der Waals surface area contributed by atoms with E-state index >= 15 is 0 Å². The number of aliphatic hydroxyl groups excluding tert-OH is 4. The summed E-state index contributed by atoms with van der Waals surface area (Å²) in [5.41, 5.74) is 0. The van der Waals surface area contributed by atoms with Gasteiger partial charge in [0.15, 0.2) is 12.4 Å². The Bertz CT molecular complexity index is 345. The predicted octanol–water partition coefficient (Wildman–Crippen LogP) is -0.293. The highest BCUT2D eigenvalue weighted by atomic mass is 16.7. The molecule has 24 heavy (non-hydrogen) atoms. The molecule has 0 aliphatic carbocycles. The third-order valence-corrected chi connectivity index (χ3v) is 3.94. The van der Waals surface area contributed by atoms with Crippen LogP contribution in [0.25, 0.3) is 0 Å². The molecule has 8 nitrogen and oxygen atoms in total. The van der Waals surface area contributed by atoms with E-state index in [1.807, 2.05) is 0 Å². The Morgan fingerprint density at radius 3 is 2.29 bits per heavy atom. The molecule has 1 saturated heterocycles. The summed E-state index contributed by atoms with van der Waals surface area (Å²) in [4.78, 5) is 12.0. The van der Waals surface area contributed by atoms with Crippen LogP contribution in [0.15, 0.2) is 0 Å². The van der Waals surface area contributed by atoms with Gasteiger partial charge in [0.05, 0.1) is 19.8 Å². The molecule has 0 aromatic heterocycles. The van der Waals surface area contributed by atoms with Gasteiger partial charge in [-0.1, -0.05) is 32.6 Å². The van der Waals surface area contributed by atoms with Crippen LogP contribution in [-0.4, -0.2) is 76.9 Å². The first-order chi connectivity index (χ1) is 11.5. The first-order valence-electron chi connectivity index (χ1n) is 8.59. The van der Waals surface area contributed by atoms with E-state index in [9.17, 15) is 20.1 Å². The van der Waals surface area contributed by atoms with Gasteiger partial charge in [-0.25, -0.2) is 0 Å². The zero-order valence-electron chi connectivity index (χ0n) is 14.2. The van der Waals surface area contributed by atoms with Crippen molar-refractivity contribution in [3.63, 3.8) is 0 Å². The van der Waals surface area contributed by atoms with Gasteiger partial charge in [-0.2, -0.15) is 0 Å². The molecule has 142 valence electrons. The predicted molar refractivity (Wildman–Crippen MR) is 84.1 cm³/mol. The molecule has 1 fully saturated rings. The number of hydrogen-bond acceptors (Lipinski definition) is 8. The van der Waals surface area contributed by atoms with Crippen LogP contribution in [0.4, 0.5) is 0 Å². The van der Waals surface area contributed by atoms with Crippen LogP contribution in [-0.2, 0) is 19.0 Å². The molecule has 8 heteroatoms. The lowest BCUT2D eigenvalue weighted by molar-refractivity contribution is -0.210. The fraction of sp³-hybridized carbons (Fsp3) is 0.938. The monoisotopic (exact) mass is 350 g/mol. The maximum Gasteiger partial charge on any atom is 0.306 e. The van der Waals surface area contributed by atoms with Crippen LogP contribution in [0.5, 0.6) is 0 Å². The van der Waals surface area contributed by atoms with E-state index in [4.69, 9.17) is 19.3 Å². The lowest BCUT2D eigenvalue weighted by Crippen LogP contribution is -2.52. The number of ether oxygens (including phenoxy) is 3. The number of carbonyl (C=O) groups is 1. The summed E-state index contributed by atoms with van der Waals surface area (Å²) < 4.78 is 15.7. The van der Waals surface area contributed by atoms with Gasteiger partial charge >= 0.3 is 5.97 Å². The molecule has 4 N–H and O–H groups in total. The summed E-state index contributed by atoms with van der Waals surface area (Å²) in [5, 5.41) is 38.4. The number of aliphatic hydroxyl groups is 4. The minimum absolute atomic E-state index is 0.193. The summed E-state index contributed by atoms with van der Waals surface area (Å²) in [6.07, 6.45) is -2.11. The number of esters is 1. The second kappa shape index (κ2) is 11.7. The lowest BCUT2D eigenvalue weighted by Gasteiger charge is -2.31. The Kier molecular flexibility index (Phi) is 10.4. The maximum atomic E-state index is 12.0. The third kappa shape index (κ3) is 7.00. The van der Waals surface area contributed by atoms with Gasteiger partial charge in [-0.3, -0.25) is 4.79 Å². The highest BCUT2D eigenvalue weighted by Crippen LogP contribution is 2.20. The molecule has 0 amide bonds.